The molecule has 0 atom stereocenters. The van der Waals surface area contributed by atoms with E-state index in [1.165, 1.54) is 0 Å². The van der Waals surface area contributed by atoms with Crippen molar-refractivity contribution in [2.75, 3.05) is 0 Å². The van der Waals surface area contributed by atoms with Crippen molar-refractivity contribution in [2.24, 2.45) is 7.05 Å². The Morgan fingerprint density at radius 3 is 2.53 bits per heavy atom. The number of fused-ring (bicyclic) bond motifs is 1. The number of nitrogens with zero attached hydrogens (tertiary/aromatic N) is 1. The van der Waals surface area contributed by atoms with E-state index >= 15 is 0 Å². The van der Waals surface area contributed by atoms with E-state index in [2.05, 4.69) is 18.4 Å². The Bertz CT molecular complexity index is 552. The van der Waals surface area contributed by atoms with Gasteiger partial charge in [-0.25, -0.2) is 0 Å². The van der Waals surface area contributed by atoms with Crippen LogP contribution >= 0.6 is 0 Å². The molecule has 2 heteroatoms. The Morgan fingerprint density at radius 1 is 1.20 bits per heavy atom. The maximum Gasteiger partial charge on any atom is 0.189 e. The number of benzene rings is 1. The van der Waals surface area contributed by atoms with Crippen molar-refractivity contribution >= 4 is 10.9 Å². The van der Waals surface area contributed by atoms with Crippen molar-refractivity contribution in [2.45, 2.75) is 19.8 Å². The predicted octanol–water partition coefficient (Wildman–Crippen LogP) is 2.66. The average Bonchev–Trinajstić information content (AvgIpc) is 2.23. The molecule has 0 aliphatic heterocycles. The van der Waals surface area contributed by atoms with E-state index in [1.54, 1.807) is 6.07 Å². The number of para-hydroxylation sites is 1. The summed E-state index contributed by atoms with van der Waals surface area (Å²) < 4.78 is 2.10. The van der Waals surface area contributed by atoms with Crippen molar-refractivity contribution in [3.8, 4) is 0 Å². The minimum absolute atomic E-state index is 0.118. The molecule has 0 bridgehead atoms. The summed E-state index contributed by atoms with van der Waals surface area (Å²) in [6.07, 6.45) is 0. The van der Waals surface area contributed by atoms with Gasteiger partial charge in [0, 0.05) is 24.2 Å². The molecule has 0 radical (unpaired) electrons. The molecule has 0 N–H and O–H groups in total. The summed E-state index contributed by atoms with van der Waals surface area (Å²) >= 11 is 0. The Morgan fingerprint density at radius 2 is 1.87 bits per heavy atom. The molecule has 2 nitrogen and oxygen atoms in total. The Balaban J connectivity index is 2.91. The van der Waals surface area contributed by atoms with Crippen LogP contribution in [0.15, 0.2) is 35.1 Å². The summed E-state index contributed by atoms with van der Waals surface area (Å²) in [6, 6.07) is 9.47. The van der Waals surface area contributed by atoms with Crippen LogP contribution in [0.3, 0.4) is 0 Å². The van der Waals surface area contributed by atoms with Gasteiger partial charge in [-0.15, -0.1) is 0 Å². The quantitative estimate of drug-likeness (QED) is 0.695. The minimum atomic E-state index is 0.118. The Labute approximate surface area is 89.2 Å². The summed E-state index contributed by atoms with van der Waals surface area (Å²) in [5.74, 6) is 0.368. The second kappa shape index (κ2) is 3.54. The maximum absolute atomic E-state index is 11.8. The summed E-state index contributed by atoms with van der Waals surface area (Å²) in [6.45, 7) is 4.20. The van der Waals surface area contributed by atoms with E-state index in [0.29, 0.717) is 5.92 Å². The van der Waals surface area contributed by atoms with Gasteiger partial charge >= 0.3 is 0 Å². The van der Waals surface area contributed by atoms with Gasteiger partial charge in [0.25, 0.3) is 0 Å². The predicted molar refractivity (Wildman–Crippen MR) is 63.3 cm³/mol. The highest BCUT2D eigenvalue weighted by Gasteiger charge is 2.07. The molecule has 2 aromatic rings. The molecule has 2 rings (SSSR count). The van der Waals surface area contributed by atoms with Crippen LogP contribution in [0, 0.1) is 0 Å². The average molecular weight is 201 g/mol. The number of hydrogen-bond donors (Lipinski definition) is 0. The maximum atomic E-state index is 11.8. The molecular formula is C13H15NO. The van der Waals surface area contributed by atoms with E-state index < -0.39 is 0 Å². The van der Waals surface area contributed by atoms with Crippen molar-refractivity contribution in [1.29, 1.82) is 0 Å². The molecule has 1 aromatic heterocycles. The van der Waals surface area contributed by atoms with Crippen molar-refractivity contribution in [3.63, 3.8) is 0 Å². The van der Waals surface area contributed by atoms with Crippen LogP contribution in [0.4, 0.5) is 0 Å². The summed E-state index contributed by atoms with van der Waals surface area (Å²) in [7, 11) is 2.01. The second-order valence-corrected chi connectivity index (χ2v) is 4.16. The summed E-state index contributed by atoms with van der Waals surface area (Å²) in [4.78, 5) is 11.8. The van der Waals surface area contributed by atoms with Gasteiger partial charge in [0.05, 0.1) is 5.52 Å². The minimum Gasteiger partial charge on any atom is -0.347 e. The largest absolute Gasteiger partial charge is 0.347 e. The first kappa shape index (κ1) is 9.97. The van der Waals surface area contributed by atoms with Crippen LogP contribution in [0.25, 0.3) is 10.9 Å². The second-order valence-electron chi connectivity index (χ2n) is 4.16. The third-order valence-electron chi connectivity index (χ3n) is 2.79. The fourth-order valence-corrected chi connectivity index (χ4v) is 1.98. The van der Waals surface area contributed by atoms with E-state index in [-0.39, 0.29) is 5.43 Å². The first-order valence-electron chi connectivity index (χ1n) is 5.20. The van der Waals surface area contributed by atoms with Gasteiger partial charge in [-0.05, 0) is 18.1 Å². The molecule has 78 valence electrons. The Kier molecular flexibility index (Phi) is 2.35. The van der Waals surface area contributed by atoms with Crippen LogP contribution in [-0.4, -0.2) is 4.57 Å². The lowest BCUT2D eigenvalue weighted by Gasteiger charge is -2.14. The van der Waals surface area contributed by atoms with Crippen molar-refractivity contribution in [3.05, 3.63) is 46.2 Å². The summed E-state index contributed by atoms with van der Waals surface area (Å²) in [5, 5.41) is 0.796. The van der Waals surface area contributed by atoms with Gasteiger partial charge in [0.2, 0.25) is 0 Å². The third-order valence-corrected chi connectivity index (χ3v) is 2.79. The van der Waals surface area contributed by atoms with Gasteiger partial charge in [0.1, 0.15) is 0 Å². The molecule has 0 aliphatic carbocycles. The highest BCUT2D eigenvalue weighted by molar-refractivity contribution is 5.79. The van der Waals surface area contributed by atoms with Crippen LogP contribution < -0.4 is 5.43 Å². The normalized spacial score (nSPS) is 11.2. The molecule has 0 fully saturated rings. The molecule has 1 aromatic carbocycles. The number of rotatable bonds is 1. The number of hydrogen-bond acceptors (Lipinski definition) is 1. The lowest BCUT2D eigenvalue weighted by Crippen LogP contribution is -2.12. The van der Waals surface area contributed by atoms with Crippen LogP contribution in [0.5, 0.6) is 0 Å². The topological polar surface area (TPSA) is 22.0 Å². The zero-order valence-corrected chi connectivity index (χ0v) is 9.32. The van der Waals surface area contributed by atoms with E-state index in [9.17, 15) is 4.79 Å². The molecule has 0 unspecified atom stereocenters. The van der Waals surface area contributed by atoms with Gasteiger partial charge < -0.3 is 4.57 Å². The molecule has 1 heterocycles. The Hall–Kier alpha value is -1.57. The van der Waals surface area contributed by atoms with E-state index in [4.69, 9.17) is 0 Å². The smallest absolute Gasteiger partial charge is 0.189 e. The first-order valence-corrected chi connectivity index (χ1v) is 5.20. The molecule has 0 saturated heterocycles. The van der Waals surface area contributed by atoms with Crippen molar-refractivity contribution < 1.29 is 0 Å². The lowest BCUT2D eigenvalue weighted by molar-refractivity contribution is 0.743. The first-order chi connectivity index (χ1) is 7.11. The standard InChI is InChI=1S/C13H15NO/c1-9(2)12-8-13(15)10-6-4-5-7-11(10)14(12)3/h4-9H,1-3H3. The number of aryl methyl sites for hydroxylation is 1. The van der Waals surface area contributed by atoms with Gasteiger partial charge in [-0.2, -0.15) is 0 Å². The lowest BCUT2D eigenvalue weighted by atomic mass is 10.1. The zero-order valence-electron chi connectivity index (χ0n) is 9.32. The zero-order chi connectivity index (χ0) is 11.0. The van der Waals surface area contributed by atoms with Gasteiger partial charge in [-0.3, -0.25) is 4.79 Å². The van der Waals surface area contributed by atoms with Crippen LogP contribution in [0.1, 0.15) is 25.5 Å². The highest BCUT2D eigenvalue weighted by Crippen LogP contribution is 2.17. The number of pyridine rings is 1. The molecule has 15 heavy (non-hydrogen) atoms. The fourth-order valence-electron chi connectivity index (χ4n) is 1.98. The molecular weight excluding hydrogens is 186 g/mol. The molecule has 0 saturated carbocycles. The monoisotopic (exact) mass is 201 g/mol. The van der Waals surface area contributed by atoms with E-state index in [1.807, 2.05) is 31.3 Å². The highest BCUT2D eigenvalue weighted by atomic mass is 16.1. The van der Waals surface area contributed by atoms with Gasteiger partial charge in [-0.1, -0.05) is 26.0 Å². The number of aromatic nitrogens is 1. The molecule has 0 aliphatic rings. The SMILES string of the molecule is CC(C)c1cc(=O)c2ccccc2n1C. The fraction of sp³-hybridized carbons (Fsp3) is 0.308. The van der Waals surface area contributed by atoms with Crippen molar-refractivity contribution in [1.82, 2.24) is 4.57 Å². The summed E-state index contributed by atoms with van der Waals surface area (Å²) in [5.41, 5.74) is 2.21. The van der Waals surface area contributed by atoms with Crippen LogP contribution in [-0.2, 0) is 7.05 Å². The van der Waals surface area contributed by atoms with E-state index in [0.717, 1.165) is 16.6 Å². The van der Waals surface area contributed by atoms with Crippen LogP contribution in [0.2, 0.25) is 0 Å². The molecule has 0 amide bonds. The third kappa shape index (κ3) is 1.56. The van der Waals surface area contributed by atoms with Gasteiger partial charge in [0.15, 0.2) is 5.43 Å². The molecule has 0 spiro atoms.